The molecule has 1 aliphatic heterocycles. The number of benzene rings is 1. The molecule has 220 valence electrons. The molecule has 4 nitrogen and oxygen atoms in total. The van der Waals surface area contributed by atoms with Crippen molar-refractivity contribution < 1.29 is 9.53 Å². The van der Waals surface area contributed by atoms with Crippen molar-refractivity contribution in [2.24, 2.45) is 11.8 Å². The van der Waals surface area contributed by atoms with Crippen molar-refractivity contribution in [1.29, 1.82) is 0 Å². The van der Waals surface area contributed by atoms with E-state index in [-0.39, 0.29) is 11.9 Å². The van der Waals surface area contributed by atoms with E-state index in [1.165, 1.54) is 102 Å². The second kappa shape index (κ2) is 17.4. The lowest BCUT2D eigenvalue weighted by atomic mass is 9.77. The van der Waals surface area contributed by atoms with Crippen molar-refractivity contribution in [1.82, 2.24) is 9.97 Å². The number of thioether (sulfide) groups is 2. The van der Waals surface area contributed by atoms with E-state index in [4.69, 9.17) is 14.7 Å². The molecular formula is C34H50N2O2S2. The minimum absolute atomic E-state index is 0.0291. The van der Waals surface area contributed by atoms with Gasteiger partial charge in [-0.05, 0) is 73.8 Å². The molecule has 1 saturated carbocycles. The summed E-state index contributed by atoms with van der Waals surface area (Å²) >= 11 is 3.85. The van der Waals surface area contributed by atoms with Crippen LogP contribution < -0.4 is 4.74 Å². The van der Waals surface area contributed by atoms with Crippen LogP contribution in [0.15, 0.2) is 36.7 Å². The summed E-state index contributed by atoms with van der Waals surface area (Å²) in [5.41, 5.74) is 2.23. The van der Waals surface area contributed by atoms with Crippen LogP contribution in [0, 0.1) is 11.8 Å². The van der Waals surface area contributed by atoms with Crippen LogP contribution in [0.2, 0.25) is 0 Å². The summed E-state index contributed by atoms with van der Waals surface area (Å²) in [6.07, 6.45) is 24.2. The highest BCUT2D eigenvalue weighted by Crippen LogP contribution is 2.39. The van der Waals surface area contributed by atoms with Crippen molar-refractivity contribution in [3.05, 3.63) is 42.2 Å². The second-order valence-corrected chi connectivity index (χ2v) is 14.6. The smallest absolute Gasteiger partial charge is 0.316 e. The molecule has 0 atom stereocenters. The topological polar surface area (TPSA) is 52.1 Å². The van der Waals surface area contributed by atoms with Gasteiger partial charge in [-0.1, -0.05) is 78.1 Å². The van der Waals surface area contributed by atoms with Gasteiger partial charge in [0.15, 0.2) is 5.82 Å². The third-order valence-corrected chi connectivity index (χ3v) is 11.9. The van der Waals surface area contributed by atoms with Gasteiger partial charge in [0.05, 0.1) is 10.5 Å². The van der Waals surface area contributed by atoms with E-state index < -0.39 is 0 Å². The van der Waals surface area contributed by atoms with Gasteiger partial charge < -0.3 is 4.74 Å². The van der Waals surface area contributed by atoms with E-state index in [1.807, 2.05) is 60.2 Å². The number of esters is 1. The Bertz CT molecular complexity index is 982. The predicted octanol–water partition coefficient (Wildman–Crippen LogP) is 10.1. The normalized spacial score (nSPS) is 23.1. The summed E-state index contributed by atoms with van der Waals surface area (Å²) in [6, 6.07) is 7.65. The van der Waals surface area contributed by atoms with Gasteiger partial charge in [0.25, 0.3) is 0 Å². The molecule has 0 N–H and O–H groups in total. The number of carbonyl (C=O) groups excluding carboxylic acids is 1. The van der Waals surface area contributed by atoms with E-state index in [0.717, 1.165) is 28.8 Å². The van der Waals surface area contributed by atoms with Crippen LogP contribution in [0.3, 0.4) is 0 Å². The maximum atomic E-state index is 12.7. The van der Waals surface area contributed by atoms with Gasteiger partial charge >= 0.3 is 5.97 Å². The number of hydrogen-bond donors (Lipinski definition) is 0. The number of carbonyl (C=O) groups is 1. The molecule has 2 aromatic rings. The Kier molecular flexibility index (Phi) is 13.7. The van der Waals surface area contributed by atoms with E-state index in [9.17, 15) is 4.79 Å². The van der Waals surface area contributed by atoms with Gasteiger partial charge in [0.1, 0.15) is 5.75 Å². The second-order valence-electron chi connectivity index (χ2n) is 11.8. The van der Waals surface area contributed by atoms with Gasteiger partial charge in [-0.3, -0.25) is 4.79 Å². The summed E-state index contributed by atoms with van der Waals surface area (Å²) in [6.45, 7) is 4.53. The number of hydrogen-bond acceptors (Lipinski definition) is 6. The number of rotatable bonds is 15. The number of aromatic nitrogens is 2. The maximum absolute atomic E-state index is 12.7. The molecule has 4 rings (SSSR count). The first-order chi connectivity index (χ1) is 19.7. The Morgan fingerprint density at radius 2 is 1.40 bits per heavy atom. The molecule has 0 unspecified atom stereocenters. The van der Waals surface area contributed by atoms with Gasteiger partial charge in [-0.25, -0.2) is 9.97 Å². The molecule has 1 aromatic heterocycles. The van der Waals surface area contributed by atoms with Gasteiger partial charge in [-0.2, -0.15) is 0 Å². The molecule has 6 heteroatoms. The Morgan fingerprint density at radius 1 is 0.800 bits per heavy atom. The van der Waals surface area contributed by atoms with Crippen molar-refractivity contribution in [3.63, 3.8) is 0 Å². The van der Waals surface area contributed by atoms with E-state index in [0.29, 0.717) is 16.2 Å². The van der Waals surface area contributed by atoms with Crippen molar-refractivity contribution in [2.45, 2.75) is 121 Å². The summed E-state index contributed by atoms with van der Waals surface area (Å²) in [4.78, 5) is 22.1. The largest absolute Gasteiger partial charge is 0.426 e. The Hall–Kier alpha value is -1.53. The number of ether oxygens (including phenoxy) is 1. The fourth-order valence-corrected chi connectivity index (χ4v) is 9.05. The molecule has 0 bridgehead atoms. The lowest BCUT2D eigenvalue weighted by molar-refractivity contribution is -0.137. The number of unbranched alkanes of at least 4 members (excludes halogenated alkanes) is 7. The van der Waals surface area contributed by atoms with Crippen LogP contribution in [0.4, 0.5) is 0 Å². The minimum Gasteiger partial charge on any atom is -0.426 e. The fourth-order valence-electron chi connectivity index (χ4n) is 5.97. The summed E-state index contributed by atoms with van der Waals surface area (Å²) in [5, 5.41) is 0. The molecule has 2 aliphatic rings. The van der Waals surface area contributed by atoms with Crippen LogP contribution in [-0.4, -0.2) is 32.0 Å². The highest BCUT2D eigenvalue weighted by molar-refractivity contribution is 8.17. The highest BCUT2D eigenvalue weighted by atomic mass is 32.2. The zero-order valence-corrected chi connectivity index (χ0v) is 26.5. The minimum atomic E-state index is -0.109. The van der Waals surface area contributed by atoms with Crippen molar-refractivity contribution >= 4 is 29.5 Å². The average Bonchev–Trinajstić information content (AvgIpc) is 3.00. The summed E-state index contributed by atoms with van der Waals surface area (Å²) < 4.78 is 6.36. The summed E-state index contributed by atoms with van der Waals surface area (Å²) in [5.74, 6) is 4.43. The molecule has 2 fully saturated rings. The van der Waals surface area contributed by atoms with Crippen LogP contribution in [0.5, 0.6) is 5.75 Å². The van der Waals surface area contributed by atoms with Crippen LogP contribution in [0.25, 0.3) is 11.4 Å². The van der Waals surface area contributed by atoms with Crippen molar-refractivity contribution in [2.75, 3.05) is 11.5 Å². The quantitative estimate of drug-likeness (QED) is 0.118. The monoisotopic (exact) mass is 582 g/mol. The zero-order valence-electron chi connectivity index (χ0n) is 24.8. The maximum Gasteiger partial charge on any atom is 0.316 e. The van der Waals surface area contributed by atoms with Crippen LogP contribution >= 0.6 is 23.5 Å². The molecular weight excluding hydrogens is 533 g/mol. The molecule has 1 aliphatic carbocycles. The van der Waals surface area contributed by atoms with Crippen molar-refractivity contribution in [3.8, 4) is 17.1 Å². The van der Waals surface area contributed by atoms with Gasteiger partial charge in [0.2, 0.25) is 0 Å². The first-order valence-electron chi connectivity index (χ1n) is 16.0. The molecule has 0 spiro atoms. The Morgan fingerprint density at radius 3 is 2.08 bits per heavy atom. The predicted molar refractivity (Wildman–Crippen MR) is 172 cm³/mol. The first kappa shape index (κ1) is 31.4. The highest BCUT2D eigenvalue weighted by Gasteiger charge is 2.28. The summed E-state index contributed by atoms with van der Waals surface area (Å²) in [7, 11) is 0. The molecule has 0 amide bonds. The SMILES string of the molecule is CCCCCCCCC1CCC(c2cnc(-c3ccc(OC(=O)C4CSC(CCCCC)SC4)cc3)nc2)CC1. The zero-order chi connectivity index (χ0) is 28.0. The number of nitrogens with zero attached hydrogens (tertiary/aromatic N) is 2. The molecule has 0 radical (unpaired) electrons. The fraction of sp³-hybridized carbons (Fsp3) is 0.676. The van der Waals surface area contributed by atoms with Gasteiger partial charge in [-0.15, -0.1) is 23.5 Å². The molecule has 2 heterocycles. The van der Waals surface area contributed by atoms with Crippen LogP contribution in [0.1, 0.15) is 122 Å². The van der Waals surface area contributed by atoms with Gasteiger partial charge in [0, 0.05) is 29.5 Å². The molecule has 1 aromatic carbocycles. The van der Waals surface area contributed by atoms with E-state index in [1.54, 1.807) is 0 Å². The lowest BCUT2D eigenvalue weighted by Gasteiger charge is -2.28. The average molecular weight is 583 g/mol. The van der Waals surface area contributed by atoms with E-state index >= 15 is 0 Å². The lowest BCUT2D eigenvalue weighted by Crippen LogP contribution is -2.29. The first-order valence-corrected chi connectivity index (χ1v) is 18.1. The van der Waals surface area contributed by atoms with Crippen LogP contribution in [-0.2, 0) is 4.79 Å². The molecule has 40 heavy (non-hydrogen) atoms. The standard InChI is InChI=1S/C34H50N2O2S2/c1-3-5-7-8-9-11-12-26-14-16-27(17-15-26)29-22-35-33(36-23-29)28-18-20-31(21-19-28)38-34(37)30-24-39-32(40-25-30)13-10-6-4-2/h18-23,26-27,30,32H,3-17,24-25H2,1-2H3. The third kappa shape index (κ3) is 10.1. The molecule has 1 saturated heterocycles. The third-order valence-electron chi connectivity index (χ3n) is 8.63. The Labute approximate surface area is 251 Å². The van der Waals surface area contributed by atoms with E-state index in [2.05, 4.69) is 13.8 Å². The Balaban J connectivity index is 1.17.